The van der Waals surface area contributed by atoms with Crippen molar-refractivity contribution in [1.82, 2.24) is 21.3 Å². The summed E-state index contributed by atoms with van der Waals surface area (Å²) in [5, 5.41) is 26.2. The van der Waals surface area contributed by atoms with Crippen LogP contribution < -0.4 is 26.6 Å². The summed E-state index contributed by atoms with van der Waals surface area (Å²) in [5.41, 5.74) is 1.22. The lowest BCUT2D eigenvalue weighted by molar-refractivity contribution is -0.137. The third-order valence-corrected chi connectivity index (χ3v) is 6.66. The van der Waals surface area contributed by atoms with Crippen LogP contribution in [-0.4, -0.2) is 54.0 Å². The number of rotatable bonds is 13. The summed E-state index contributed by atoms with van der Waals surface area (Å²) in [6.45, 7) is 4.11. The van der Waals surface area contributed by atoms with Crippen LogP contribution in [0, 0.1) is 5.92 Å². The number of fused-ring (bicyclic) bond motifs is 1. The van der Waals surface area contributed by atoms with Crippen molar-refractivity contribution < 1.29 is 29.1 Å². The summed E-state index contributed by atoms with van der Waals surface area (Å²) in [7, 11) is 0. The molecule has 0 aliphatic heterocycles. The Labute approximate surface area is 235 Å². The number of benzene rings is 2. The fourth-order valence-electron chi connectivity index (χ4n) is 3.77. The maximum Gasteiger partial charge on any atom is 0.320 e. The number of amides is 5. The Kier molecular flexibility index (Phi) is 11.0. The van der Waals surface area contributed by atoms with Gasteiger partial charge in [0.2, 0.25) is 11.8 Å². The number of urea groups is 1. The van der Waals surface area contributed by atoms with E-state index < -0.39 is 42.3 Å². The van der Waals surface area contributed by atoms with Crippen LogP contribution in [0.15, 0.2) is 53.9 Å². The number of carbonyl (C=O) groups excluding carboxylic acids is 4. The van der Waals surface area contributed by atoms with Gasteiger partial charge in [-0.15, -0.1) is 11.3 Å². The molecule has 2 aromatic carbocycles. The van der Waals surface area contributed by atoms with E-state index in [1.54, 1.807) is 5.38 Å². The predicted molar refractivity (Wildman–Crippen MR) is 153 cm³/mol. The first-order valence-electron chi connectivity index (χ1n) is 12.8. The molecule has 5 amide bonds. The lowest BCUT2D eigenvalue weighted by atomic mass is 10.0. The second kappa shape index (κ2) is 14.6. The molecule has 212 valence electrons. The number of hydrogen-bond donors (Lipinski definition) is 6. The van der Waals surface area contributed by atoms with Crippen molar-refractivity contribution in [3.8, 4) is 0 Å². The van der Waals surface area contributed by atoms with Crippen molar-refractivity contribution in [1.29, 1.82) is 0 Å². The summed E-state index contributed by atoms with van der Waals surface area (Å²) in [6, 6.07) is 13.8. The minimum absolute atomic E-state index is 0.0823. The molecule has 12 heteroatoms. The molecular weight excluding hydrogens is 534 g/mol. The van der Waals surface area contributed by atoms with Crippen LogP contribution in [-0.2, 0) is 20.9 Å². The Morgan fingerprint density at radius 1 is 0.950 bits per heavy atom. The number of anilines is 1. The minimum Gasteiger partial charge on any atom is -0.481 e. The van der Waals surface area contributed by atoms with Gasteiger partial charge < -0.3 is 26.4 Å². The second-order valence-corrected chi connectivity index (χ2v) is 10.4. The first-order chi connectivity index (χ1) is 19.1. The Balaban J connectivity index is 1.47. The molecule has 0 bridgehead atoms. The summed E-state index contributed by atoms with van der Waals surface area (Å²) in [4.78, 5) is 60.6. The van der Waals surface area contributed by atoms with Crippen LogP contribution >= 0.6 is 11.3 Å². The van der Waals surface area contributed by atoms with Gasteiger partial charge in [-0.2, -0.15) is 0 Å². The van der Waals surface area contributed by atoms with E-state index in [2.05, 4.69) is 26.6 Å². The molecule has 0 saturated carbocycles. The maximum absolute atomic E-state index is 12.5. The second-order valence-electron chi connectivity index (χ2n) is 9.52. The molecule has 0 radical (unpaired) electrons. The van der Waals surface area contributed by atoms with E-state index in [0.29, 0.717) is 18.1 Å². The van der Waals surface area contributed by atoms with E-state index in [9.17, 15) is 24.0 Å². The number of nitrogens with one attached hydrogen (secondary N) is 5. The lowest BCUT2D eigenvalue weighted by Crippen LogP contribution is -2.50. The number of aliphatic carboxylic acids is 1. The Bertz CT molecular complexity index is 1370. The van der Waals surface area contributed by atoms with Crippen molar-refractivity contribution in [3.63, 3.8) is 0 Å². The van der Waals surface area contributed by atoms with Crippen LogP contribution in [0.2, 0.25) is 0 Å². The zero-order valence-corrected chi connectivity index (χ0v) is 23.1. The zero-order chi connectivity index (χ0) is 29.1. The van der Waals surface area contributed by atoms with Crippen LogP contribution in [0.1, 0.15) is 42.6 Å². The highest BCUT2D eigenvalue weighted by molar-refractivity contribution is 7.14. The molecule has 3 aromatic rings. The van der Waals surface area contributed by atoms with E-state index in [0.717, 1.165) is 27.7 Å². The Morgan fingerprint density at radius 2 is 1.70 bits per heavy atom. The van der Waals surface area contributed by atoms with Gasteiger partial charge in [-0.3, -0.25) is 24.5 Å². The molecule has 1 aromatic heterocycles. The zero-order valence-electron chi connectivity index (χ0n) is 22.3. The van der Waals surface area contributed by atoms with E-state index in [4.69, 9.17) is 5.11 Å². The standard InChI is InChI=1S/C28H33N5O6S/c1-17(2)13-29-27(38)22(10-11-25(35)36)32-23(34)15-30-26(37)20-12-24(40-16-20)33-28(39)31-14-19-8-5-7-18-6-3-4-9-21(18)19/h3-9,12,16-17,22H,10-11,13-15H2,1-2H3,(H,29,38)(H,30,37)(H,32,34)(H,35,36)(H2,31,33,39). The van der Waals surface area contributed by atoms with Crippen molar-refractivity contribution in [2.24, 2.45) is 5.92 Å². The highest BCUT2D eigenvalue weighted by Gasteiger charge is 2.22. The van der Waals surface area contributed by atoms with E-state index >= 15 is 0 Å². The van der Waals surface area contributed by atoms with Gasteiger partial charge in [-0.25, -0.2) is 4.79 Å². The van der Waals surface area contributed by atoms with Crippen molar-refractivity contribution in [2.45, 2.75) is 39.3 Å². The monoisotopic (exact) mass is 567 g/mol. The molecule has 11 nitrogen and oxygen atoms in total. The molecule has 3 rings (SSSR count). The van der Waals surface area contributed by atoms with Crippen molar-refractivity contribution >= 4 is 56.8 Å². The van der Waals surface area contributed by atoms with Gasteiger partial charge in [-0.05, 0) is 34.7 Å². The smallest absolute Gasteiger partial charge is 0.320 e. The van der Waals surface area contributed by atoms with Gasteiger partial charge in [0.05, 0.1) is 17.1 Å². The first-order valence-corrected chi connectivity index (χ1v) is 13.7. The molecule has 0 saturated heterocycles. The highest BCUT2D eigenvalue weighted by atomic mass is 32.1. The van der Waals surface area contributed by atoms with Crippen LogP contribution in [0.4, 0.5) is 9.80 Å². The Morgan fingerprint density at radius 3 is 2.45 bits per heavy atom. The van der Waals surface area contributed by atoms with Crippen LogP contribution in [0.5, 0.6) is 0 Å². The first kappa shape index (κ1) is 30.1. The molecule has 1 unspecified atom stereocenters. The molecule has 6 N–H and O–H groups in total. The average molecular weight is 568 g/mol. The predicted octanol–water partition coefficient (Wildman–Crippen LogP) is 3.07. The molecular formula is C28H33N5O6S. The number of hydrogen-bond acceptors (Lipinski definition) is 6. The summed E-state index contributed by atoms with van der Waals surface area (Å²) in [5.74, 6) is -2.57. The third-order valence-electron chi connectivity index (χ3n) is 5.81. The number of carboxylic acids is 1. The fraction of sp³-hybridized carbons (Fsp3) is 0.321. The Hall–Kier alpha value is -4.45. The summed E-state index contributed by atoms with van der Waals surface area (Å²) < 4.78 is 0. The van der Waals surface area contributed by atoms with Gasteiger partial charge in [0.15, 0.2) is 0 Å². The van der Waals surface area contributed by atoms with Gasteiger partial charge in [-0.1, -0.05) is 56.3 Å². The van der Waals surface area contributed by atoms with Gasteiger partial charge in [0.1, 0.15) is 6.04 Å². The fourth-order valence-corrected chi connectivity index (χ4v) is 4.55. The summed E-state index contributed by atoms with van der Waals surface area (Å²) >= 11 is 1.15. The summed E-state index contributed by atoms with van der Waals surface area (Å²) in [6.07, 6.45) is -0.381. The topological polar surface area (TPSA) is 166 Å². The molecule has 40 heavy (non-hydrogen) atoms. The van der Waals surface area contributed by atoms with Crippen LogP contribution in [0.3, 0.4) is 0 Å². The molecule has 1 atom stereocenters. The minimum atomic E-state index is -1.09. The van der Waals surface area contributed by atoms with Crippen molar-refractivity contribution in [3.05, 3.63) is 65.0 Å². The number of carbonyl (C=O) groups is 5. The molecule has 0 fully saturated rings. The highest BCUT2D eigenvalue weighted by Crippen LogP contribution is 2.21. The van der Waals surface area contributed by atoms with Crippen LogP contribution in [0.25, 0.3) is 10.8 Å². The number of thiophene rings is 1. The normalized spacial score (nSPS) is 11.5. The largest absolute Gasteiger partial charge is 0.481 e. The average Bonchev–Trinajstić information content (AvgIpc) is 3.39. The van der Waals surface area contributed by atoms with Crippen molar-refractivity contribution in [2.75, 3.05) is 18.4 Å². The van der Waals surface area contributed by atoms with E-state index in [1.807, 2.05) is 56.3 Å². The van der Waals surface area contributed by atoms with Gasteiger partial charge >= 0.3 is 12.0 Å². The third kappa shape index (κ3) is 9.38. The SMILES string of the molecule is CC(C)CNC(=O)C(CCC(=O)O)NC(=O)CNC(=O)c1csc(NC(=O)NCc2cccc3ccccc23)c1. The number of carboxylic acid groups (broad SMARTS) is 1. The van der Waals surface area contributed by atoms with Gasteiger partial charge in [0, 0.05) is 24.9 Å². The quantitative estimate of drug-likeness (QED) is 0.186. The lowest BCUT2D eigenvalue weighted by Gasteiger charge is -2.18. The van der Waals surface area contributed by atoms with E-state index in [-0.39, 0.29) is 24.3 Å². The van der Waals surface area contributed by atoms with Gasteiger partial charge in [0.25, 0.3) is 5.91 Å². The molecule has 0 aliphatic rings. The molecule has 0 spiro atoms. The molecule has 0 aliphatic carbocycles. The maximum atomic E-state index is 12.5. The molecule has 1 heterocycles. The van der Waals surface area contributed by atoms with E-state index in [1.165, 1.54) is 6.07 Å².